The van der Waals surface area contributed by atoms with Crippen molar-refractivity contribution >= 4 is 31.6 Å². The van der Waals surface area contributed by atoms with Gasteiger partial charge in [-0.15, -0.1) is 0 Å². The van der Waals surface area contributed by atoms with Gasteiger partial charge in [0.1, 0.15) is 4.90 Å². The van der Waals surface area contributed by atoms with Crippen molar-refractivity contribution in [3.63, 3.8) is 0 Å². The van der Waals surface area contributed by atoms with Crippen molar-refractivity contribution < 1.29 is 17.5 Å². The van der Waals surface area contributed by atoms with Gasteiger partial charge in [0.2, 0.25) is 10.0 Å². The van der Waals surface area contributed by atoms with Gasteiger partial charge >= 0.3 is 0 Å². The molecule has 0 atom stereocenters. The number of rotatable bonds is 2. The quantitative estimate of drug-likeness (QED) is 0.812. The van der Waals surface area contributed by atoms with E-state index in [1.165, 1.54) is 10.4 Å². The van der Waals surface area contributed by atoms with Gasteiger partial charge in [0.25, 0.3) is 0 Å². The van der Waals surface area contributed by atoms with Crippen LogP contribution in [0.15, 0.2) is 21.5 Å². The molecule has 0 aromatic heterocycles. The lowest BCUT2D eigenvalue weighted by molar-refractivity contribution is -0.00779. The molecule has 2 N–H and O–H groups in total. The van der Waals surface area contributed by atoms with Crippen LogP contribution < -0.4 is 5.73 Å². The number of benzene rings is 1. The lowest BCUT2D eigenvalue weighted by atomic mass is 10.1. The van der Waals surface area contributed by atoms with E-state index in [9.17, 15) is 12.8 Å². The van der Waals surface area contributed by atoms with Crippen LogP contribution in [-0.4, -0.2) is 38.0 Å². The molecule has 1 aliphatic heterocycles. The van der Waals surface area contributed by atoms with Gasteiger partial charge in [-0.1, -0.05) is 0 Å². The highest BCUT2D eigenvalue weighted by atomic mass is 79.9. The van der Waals surface area contributed by atoms with Crippen LogP contribution in [0.2, 0.25) is 0 Å². The van der Waals surface area contributed by atoms with E-state index in [1.54, 1.807) is 13.8 Å². The molecule has 0 saturated carbocycles. The van der Waals surface area contributed by atoms with Crippen molar-refractivity contribution in [2.45, 2.75) is 24.3 Å². The summed E-state index contributed by atoms with van der Waals surface area (Å²) in [6.07, 6.45) is 0. The first-order valence-corrected chi connectivity index (χ1v) is 8.25. The van der Waals surface area contributed by atoms with E-state index in [4.69, 9.17) is 10.5 Å². The zero-order chi connectivity index (χ0) is 15.1. The van der Waals surface area contributed by atoms with Crippen molar-refractivity contribution in [3.05, 3.63) is 22.4 Å². The molecule has 0 aliphatic carbocycles. The van der Waals surface area contributed by atoms with Crippen molar-refractivity contribution in [2.75, 3.05) is 25.5 Å². The zero-order valence-electron chi connectivity index (χ0n) is 11.2. The minimum atomic E-state index is -3.98. The molecule has 5 nitrogen and oxygen atoms in total. The molecule has 1 heterocycles. The van der Waals surface area contributed by atoms with Crippen LogP contribution in [-0.2, 0) is 14.8 Å². The van der Waals surface area contributed by atoms with Crippen LogP contribution in [0.1, 0.15) is 13.8 Å². The second-order valence-electron chi connectivity index (χ2n) is 5.26. The summed E-state index contributed by atoms with van der Waals surface area (Å²) in [4.78, 5) is -0.417. The summed E-state index contributed by atoms with van der Waals surface area (Å²) in [6, 6.07) is 2.47. The fraction of sp³-hybridized carbons (Fsp3) is 0.500. The van der Waals surface area contributed by atoms with Gasteiger partial charge in [-0.2, -0.15) is 4.31 Å². The molecule has 0 amide bonds. The highest BCUT2D eigenvalue weighted by Gasteiger charge is 2.41. The Bertz CT molecular complexity index is 634. The molecule has 20 heavy (non-hydrogen) atoms. The first-order valence-electron chi connectivity index (χ1n) is 6.01. The number of ether oxygens (including phenoxy) is 1. The van der Waals surface area contributed by atoms with Crippen LogP contribution in [0, 0.1) is 5.82 Å². The number of nitrogen functional groups attached to an aromatic ring is 1. The second-order valence-corrected chi connectivity index (χ2v) is 7.94. The molecular weight excluding hydrogens is 351 g/mol. The smallest absolute Gasteiger partial charge is 0.246 e. The zero-order valence-corrected chi connectivity index (χ0v) is 13.6. The number of halogens is 2. The first kappa shape index (κ1) is 15.7. The van der Waals surface area contributed by atoms with E-state index in [-0.39, 0.29) is 29.9 Å². The van der Waals surface area contributed by atoms with E-state index in [0.717, 1.165) is 6.07 Å². The molecule has 0 radical (unpaired) electrons. The largest absolute Gasteiger partial charge is 0.399 e. The summed E-state index contributed by atoms with van der Waals surface area (Å²) in [5.74, 6) is -0.832. The molecule has 1 aromatic carbocycles. The summed E-state index contributed by atoms with van der Waals surface area (Å²) in [5, 5.41) is 0. The standard InChI is InChI=1S/C12H16BrFN2O3S/c1-12(2)7-19-4-3-16(12)20(17,18)10-6-8(15)5-9(13)11(10)14/h5-6H,3-4,7,15H2,1-2H3. The maximum atomic E-state index is 14.1. The van der Waals surface area contributed by atoms with Gasteiger partial charge in [-0.25, -0.2) is 12.8 Å². The Morgan fingerprint density at radius 2 is 2.10 bits per heavy atom. The number of anilines is 1. The predicted molar refractivity (Wildman–Crippen MR) is 77.3 cm³/mol. The molecule has 1 fully saturated rings. The van der Waals surface area contributed by atoms with Crippen molar-refractivity contribution in [2.24, 2.45) is 0 Å². The van der Waals surface area contributed by atoms with Gasteiger partial charge in [0, 0.05) is 12.2 Å². The van der Waals surface area contributed by atoms with Crippen LogP contribution in [0.5, 0.6) is 0 Å². The van der Waals surface area contributed by atoms with Gasteiger partial charge in [0.05, 0.1) is 23.2 Å². The number of morpholine rings is 1. The van der Waals surface area contributed by atoms with Gasteiger partial charge in [-0.3, -0.25) is 0 Å². The Kier molecular flexibility index (Phi) is 4.12. The summed E-state index contributed by atoms with van der Waals surface area (Å²) in [5.41, 5.74) is 5.07. The lowest BCUT2D eigenvalue weighted by Gasteiger charge is -2.40. The molecule has 8 heteroatoms. The van der Waals surface area contributed by atoms with Crippen molar-refractivity contribution in [1.82, 2.24) is 4.31 Å². The Morgan fingerprint density at radius 1 is 1.45 bits per heavy atom. The maximum Gasteiger partial charge on any atom is 0.246 e. The molecule has 1 aromatic rings. The highest BCUT2D eigenvalue weighted by Crippen LogP contribution is 2.32. The number of sulfonamides is 1. The number of hydrogen-bond acceptors (Lipinski definition) is 4. The second kappa shape index (κ2) is 5.25. The molecule has 0 unspecified atom stereocenters. The number of hydrogen-bond donors (Lipinski definition) is 1. The Balaban J connectivity index is 2.56. The van der Waals surface area contributed by atoms with Crippen LogP contribution in [0.25, 0.3) is 0 Å². The summed E-state index contributed by atoms with van der Waals surface area (Å²) in [7, 11) is -3.98. The molecule has 2 rings (SSSR count). The normalized spacial score (nSPS) is 20.0. The monoisotopic (exact) mass is 366 g/mol. The average molecular weight is 367 g/mol. The van der Waals surface area contributed by atoms with Crippen LogP contribution >= 0.6 is 15.9 Å². The SMILES string of the molecule is CC1(C)COCCN1S(=O)(=O)c1cc(N)cc(Br)c1F. The van der Waals surface area contributed by atoms with Crippen molar-refractivity contribution in [1.29, 1.82) is 0 Å². The molecule has 0 spiro atoms. The first-order chi connectivity index (χ1) is 9.16. The molecule has 1 aliphatic rings. The average Bonchev–Trinajstić information content (AvgIpc) is 2.32. The summed E-state index contributed by atoms with van der Waals surface area (Å²) >= 11 is 2.98. The molecule has 0 bridgehead atoms. The Morgan fingerprint density at radius 3 is 2.70 bits per heavy atom. The number of nitrogens with two attached hydrogens (primary N) is 1. The Labute approximate surface area is 126 Å². The van der Waals surface area contributed by atoms with Gasteiger partial charge in [-0.05, 0) is 41.9 Å². The topological polar surface area (TPSA) is 72.6 Å². The fourth-order valence-electron chi connectivity index (χ4n) is 2.18. The van der Waals surface area contributed by atoms with Gasteiger partial charge in [0.15, 0.2) is 5.82 Å². The predicted octanol–water partition coefficient (Wildman–Crippen LogP) is 1.97. The van der Waals surface area contributed by atoms with E-state index >= 15 is 0 Å². The molecular formula is C12H16BrFN2O3S. The van der Waals surface area contributed by atoms with E-state index < -0.39 is 26.3 Å². The van der Waals surface area contributed by atoms with Crippen LogP contribution in [0.4, 0.5) is 10.1 Å². The lowest BCUT2D eigenvalue weighted by Crippen LogP contribution is -2.55. The maximum absolute atomic E-state index is 14.1. The Hall–Kier alpha value is -0.700. The van der Waals surface area contributed by atoms with Crippen LogP contribution in [0.3, 0.4) is 0 Å². The minimum Gasteiger partial charge on any atom is -0.399 e. The van der Waals surface area contributed by atoms with Crippen molar-refractivity contribution in [3.8, 4) is 0 Å². The molecule has 112 valence electrons. The van der Waals surface area contributed by atoms with Gasteiger partial charge < -0.3 is 10.5 Å². The third-order valence-corrected chi connectivity index (χ3v) is 5.84. The molecule has 1 saturated heterocycles. The number of nitrogens with zero attached hydrogens (tertiary/aromatic N) is 1. The highest BCUT2D eigenvalue weighted by molar-refractivity contribution is 9.10. The van der Waals surface area contributed by atoms with E-state index in [0.29, 0.717) is 0 Å². The third kappa shape index (κ3) is 2.69. The third-order valence-electron chi connectivity index (χ3n) is 3.15. The minimum absolute atomic E-state index is 0.0298. The van der Waals surface area contributed by atoms with E-state index in [1.807, 2.05) is 0 Å². The summed E-state index contributed by atoms with van der Waals surface area (Å²) < 4.78 is 46.1. The van der Waals surface area contributed by atoms with E-state index in [2.05, 4.69) is 15.9 Å². The fourth-order valence-corrected chi connectivity index (χ4v) is 4.67. The summed E-state index contributed by atoms with van der Waals surface area (Å²) in [6.45, 7) is 4.21.